The number of carbonyl (C=O) groups excluding carboxylic acids is 1. The second-order valence-electron chi connectivity index (χ2n) is 6.87. The molecule has 150 valence electrons. The lowest BCUT2D eigenvalue weighted by atomic mass is 9.87. The highest BCUT2D eigenvalue weighted by molar-refractivity contribution is 6.31. The van der Waals surface area contributed by atoms with E-state index in [1.54, 1.807) is 23.0 Å². The first-order valence-electron chi connectivity index (χ1n) is 9.02. The zero-order chi connectivity index (χ0) is 20.7. The maximum Gasteiger partial charge on any atom is 0.226 e. The third-order valence-electron chi connectivity index (χ3n) is 5.12. The van der Waals surface area contributed by atoms with Crippen molar-refractivity contribution in [2.75, 3.05) is 19.5 Å². The molecule has 0 saturated heterocycles. The maximum absolute atomic E-state index is 12.5. The predicted octanol–water partition coefficient (Wildman–Crippen LogP) is 4.03. The normalized spacial score (nSPS) is 15.6. The fourth-order valence-electron chi connectivity index (χ4n) is 3.54. The number of amides is 1. The summed E-state index contributed by atoms with van der Waals surface area (Å²) in [4.78, 5) is 12.5. The molecule has 0 bridgehead atoms. The van der Waals surface area contributed by atoms with Crippen molar-refractivity contribution in [1.29, 1.82) is 0 Å². The third-order valence-corrected chi connectivity index (χ3v) is 5.53. The first-order valence-corrected chi connectivity index (χ1v) is 9.40. The average Bonchev–Trinajstić information content (AvgIpc) is 3.13. The van der Waals surface area contributed by atoms with Gasteiger partial charge in [-0.05, 0) is 42.3 Å². The largest absolute Gasteiger partial charge is 0.502 e. The number of rotatable bonds is 4. The molecule has 8 heteroatoms. The molecule has 7 nitrogen and oxygen atoms in total. The van der Waals surface area contributed by atoms with Crippen molar-refractivity contribution in [3.63, 3.8) is 0 Å². The van der Waals surface area contributed by atoms with E-state index in [4.69, 9.17) is 21.1 Å². The smallest absolute Gasteiger partial charge is 0.226 e. The van der Waals surface area contributed by atoms with Gasteiger partial charge in [0.1, 0.15) is 5.82 Å². The topological polar surface area (TPSA) is 85.6 Å². The first-order chi connectivity index (χ1) is 13.9. The molecule has 0 radical (unpaired) electrons. The number of hydrogen-bond donors (Lipinski definition) is 2. The van der Waals surface area contributed by atoms with Crippen molar-refractivity contribution in [2.45, 2.75) is 19.3 Å². The molecule has 3 aromatic rings. The van der Waals surface area contributed by atoms with Gasteiger partial charge in [-0.1, -0.05) is 17.7 Å². The Bertz CT molecular complexity index is 1080. The molecule has 1 aromatic heterocycles. The van der Waals surface area contributed by atoms with Crippen molar-refractivity contribution < 1.29 is 19.4 Å². The van der Waals surface area contributed by atoms with E-state index in [0.717, 1.165) is 22.4 Å². The Morgan fingerprint density at radius 2 is 1.90 bits per heavy atom. The van der Waals surface area contributed by atoms with E-state index in [1.807, 2.05) is 25.1 Å². The number of fused-ring (bicyclic) bond motifs is 1. The van der Waals surface area contributed by atoms with Gasteiger partial charge in [-0.2, -0.15) is 5.10 Å². The van der Waals surface area contributed by atoms with E-state index < -0.39 is 0 Å². The summed E-state index contributed by atoms with van der Waals surface area (Å²) in [7, 11) is 2.94. The van der Waals surface area contributed by atoms with Crippen LogP contribution in [0, 0.1) is 6.92 Å². The predicted molar refractivity (Wildman–Crippen MR) is 110 cm³/mol. The Morgan fingerprint density at radius 1 is 1.21 bits per heavy atom. The van der Waals surface area contributed by atoms with E-state index in [2.05, 4.69) is 10.4 Å². The van der Waals surface area contributed by atoms with Gasteiger partial charge in [0.2, 0.25) is 11.7 Å². The van der Waals surface area contributed by atoms with Crippen LogP contribution >= 0.6 is 11.6 Å². The lowest BCUT2D eigenvalue weighted by molar-refractivity contribution is -0.116. The van der Waals surface area contributed by atoms with Crippen molar-refractivity contribution in [2.24, 2.45) is 0 Å². The molecule has 2 N–H and O–H groups in total. The van der Waals surface area contributed by atoms with Gasteiger partial charge in [-0.15, -0.1) is 0 Å². The lowest BCUT2D eigenvalue weighted by Gasteiger charge is -2.24. The molecule has 1 aliphatic heterocycles. The van der Waals surface area contributed by atoms with Gasteiger partial charge >= 0.3 is 0 Å². The molecular formula is C21H20ClN3O4. The fraction of sp³-hybridized carbons (Fsp3) is 0.238. The van der Waals surface area contributed by atoms with Crippen LogP contribution < -0.4 is 14.8 Å². The van der Waals surface area contributed by atoms with Crippen molar-refractivity contribution in [3.8, 4) is 22.9 Å². The standard InChI is InChI=1S/C21H20ClN3O4/c1-11-4-5-13(8-16(11)22)25-21-15(10-23-25)14(9-19(26)24-21)12-6-17(28-2)20(27)18(7-12)29-3/h4-8,10,14,27H,9H2,1-3H3,(H,24,26). The first kappa shape index (κ1) is 19.1. The number of halogens is 1. The minimum Gasteiger partial charge on any atom is -0.502 e. The number of hydrogen-bond acceptors (Lipinski definition) is 5. The van der Waals surface area contributed by atoms with Crippen LogP contribution in [0.1, 0.15) is 29.0 Å². The minimum atomic E-state index is -0.267. The van der Waals surface area contributed by atoms with Gasteiger partial charge < -0.3 is 19.9 Å². The number of aromatic hydroxyl groups is 1. The van der Waals surface area contributed by atoms with Crippen molar-refractivity contribution in [3.05, 3.63) is 58.2 Å². The molecule has 1 aliphatic rings. The van der Waals surface area contributed by atoms with E-state index in [0.29, 0.717) is 10.8 Å². The minimum absolute atomic E-state index is 0.0794. The summed E-state index contributed by atoms with van der Waals surface area (Å²) < 4.78 is 12.2. The van der Waals surface area contributed by atoms with Crippen LogP contribution in [0.5, 0.6) is 17.2 Å². The van der Waals surface area contributed by atoms with Gasteiger partial charge in [-0.25, -0.2) is 4.68 Å². The molecule has 4 rings (SSSR count). The molecule has 0 spiro atoms. The van der Waals surface area contributed by atoms with Gasteiger partial charge in [0.25, 0.3) is 0 Å². The number of phenolic OH excluding ortho intramolecular Hbond substituents is 1. The molecule has 0 aliphatic carbocycles. The second-order valence-corrected chi connectivity index (χ2v) is 7.28. The van der Waals surface area contributed by atoms with Gasteiger partial charge in [-0.3, -0.25) is 4.79 Å². The SMILES string of the molecule is COc1cc(C2CC(=O)Nc3c2cnn3-c2ccc(C)c(Cl)c2)cc(OC)c1O. The Hall–Kier alpha value is -3.19. The summed E-state index contributed by atoms with van der Waals surface area (Å²) in [5, 5.41) is 18.2. The molecule has 0 fully saturated rings. The van der Waals surface area contributed by atoms with Gasteiger partial charge in [0, 0.05) is 22.9 Å². The number of nitrogens with one attached hydrogen (secondary N) is 1. The van der Waals surface area contributed by atoms with E-state index in [9.17, 15) is 9.90 Å². The second kappa shape index (κ2) is 7.33. The molecule has 29 heavy (non-hydrogen) atoms. The van der Waals surface area contributed by atoms with Gasteiger partial charge in [0.05, 0.1) is 26.1 Å². The number of aromatic nitrogens is 2. The summed E-state index contributed by atoms with van der Waals surface area (Å²) >= 11 is 6.27. The van der Waals surface area contributed by atoms with Crippen LogP contribution in [0.25, 0.3) is 5.69 Å². The summed E-state index contributed by atoms with van der Waals surface area (Å²) in [5.41, 5.74) is 3.36. The molecule has 1 atom stereocenters. The Labute approximate surface area is 172 Å². The van der Waals surface area contributed by atoms with Crippen molar-refractivity contribution in [1.82, 2.24) is 9.78 Å². The number of methoxy groups -OCH3 is 2. The fourth-order valence-corrected chi connectivity index (χ4v) is 3.72. The summed E-state index contributed by atoms with van der Waals surface area (Å²) in [6.45, 7) is 1.92. The molecule has 1 amide bonds. The average molecular weight is 414 g/mol. The summed E-state index contributed by atoms with van der Waals surface area (Å²) in [6.07, 6.45) is 1.98. The number of carbonyl (C=O) groups is 1. The van der Waals surface area contributed by atoms with E-state index >= 15 is 0 Å². The van der Waals surface area contributed by atoms with E-state index in [1.165, 1.54) is 14.2 Å². The number of benzene rings is 2. The zero-order valence-electron chi connectivity index (χ0n) is 16.2. The Balaban J connectivity index is 1.83. The number of phenols is 1. The molecular weight excluding hydrogens is 394 g/mol. The van der Waals surface area contributed by atoms with Crippen LogP contribution in [0.4, 0.5) is 5.82 Å². The van der Waals surface area contributed by atoms with Crippen LogP contribution in [-0.2, 0) is 4.79 Å². The molecule has 2 heterocycles. The maximum atomic E-state index is 12.5. The van der Waals surface area contributed by atoms with Gasteiger partial charge in [0.15, 0.2) is 11.5 Å². The molecule has 1 unspecified atom stereocenters. The monoisotopic (exact) mass is 413 g/mol. The number of aryl methyl sites for hydroxylation is 1. The Morgan fingerprint density at radius 3 is 2.52 bits per heavy atom. The lowest BCUT2D eigenvalue weighted by Crippen LogP contribution is -2.24. The quantitative estimate of drug-likeness (QED) is 0.674. The highest BCUT2D eigenvalue weighted by atomic mass is 35.5. The number of ether oxygens (including phenoxy) is 2. The number of nitrogens with zero attached hydrogens (tertiary/aromatic N) is 2. The third kappa shape index (κ3) is 3.27. The number of anilines is 1. The molecule has 2 aromatic carbocycles. The highest BCUT2D eigenvalue weighted by Gasteiger charge is 2.31. The zero-order valence-corrected chi connectivity index (χ0v) is 16.9. The van der Waals surface area contributed by atoms with Crippen LogP contribution in [0.2, 0.25) is 5.02 Å². The van der Waals surface area contributed by atoms with Crippen LogP contribution in [0.15, 0.2) is 36.5 Å². The van der Waals surface area contributed by atoms with Crippen LogP contribution in [0.3, 0.4) is 0 Å². The Kier molecular flexibility index (Phi) is 4.84. The van der Waals surface area contributed by atoms with E-state index in [-0.39, 0.29) is 35.5 Å². The molecule has 0 saturated carbocycles. The summed E-state index contributed by atoms with van der Waals surface area (Å²) in [5.74, 6) is 0.681. The van der Waals surface area contributed by atoms with Crippen molar-refractivity contribution >= 4 is 23.3 Å². The highest BCUT2D eigenvalue weighted by Crippen LogP contribution is 2.44. The van der Waals surface area contributed by atoms with Crippen LogP contribution in [-0.4, -0.2) is 35.0 Å². The summed E-state index contributed by atoms with van der Waals surface area (Å²) in [6, 6.07) is 9.04.